The third-order valence-corrected chi connectivity index (χ3v) is 5.64. The second-order valence-corrected chi connectivity index (χ2v) is 6.81. The number of carbonyl (C=O) groups excluding carboxylic acids is 1. The highest BCUT2D eigenvalue weighted by molar-refractivity contribution is 5.94. The minimum absolute atomic E-state index is 0.0460. The van der Waals surface area contributed by atoms with Crippen LogP contribution in [0.4, 0.5) is 0 Å². The van der Waals surface area contributed by atoms with E-state index < -0.39 is 0 Å². The molecule has 0 bridgehead atoms. The van der Waals surface area contributed by atoms with E-state index in [-0.39, 0.29) is 36.9 Å². The molecule has 24 heavy (non-hydrogen) atoms. The van der Waals surface area contributed by atoms with Crippen LogP contribution in [0, 0.1) is 0 Å². The Morgan fingerprint density at radius 2 is 2.04 bits per heavy atom. The van der Waals surface area contributed by atoms with Gasteiger partial charge in [-0.3, -0.25) is 4.90 Å². The Balaban J connectivity index is 1.70. The van der Waals surface area contributed by atoms with Crippen LogP contribution in [0.3, 0.4) is 0 Å². The van der Waals surface area contributed by atoms with Gasteiger partial charge in [0.2, 0.25) is 6.79 Å². The highest BCUT2D eigenvalue weighted by Crippen LogP contribution is 2.49. The minimum Gasteiger partial charge on any atom is -0.455 e. The van der Waals surface area contributed by atoms with E-state index in [1.54, 1.807) is 13.2 Å². The summed E-state index contributed by atoms with van der Waals surface area (Å²) in [5.74, 6) is 1.04. The fraction of sp³-hybridized carbons (Fsp3) is 0.500. The van der Waals surface area contributed by atoms with E-state index in [1.165, 1.54) is 5.57 Å². The van der Waals surface area contributed by atoms with E-state index >= 15 is 0 Å². The number of carbonyl (C=O) groups is 1. The Morgan fingerprint density at radius 3 is 2.83 bits per heavy atom. The van der Waals surface area contributed by atoms with Crippen LogP contribution < -0.4 is 9.47 Å². The van der Waals surface area contributed by atoms with E-state index in [0.29, 0.717) is 17.1 Å². The molecule has 4 aliphatic rings. The van der Waals surface area contributed by atoms with Gasteiger partial charge >= 0.3 is 5.97 Å². The SMILES string of the molecule is CO[C@@H]1C=C2CCN(C)[C@@H]2[C@H]2c3cc4c(cc3C(=O)O[C@H]21)OCO4. The minimum atomic E-state index is -0.316. The van der Waals surface area contributed by atoms with Crippen molar-refractivity contribution in [1.82, 2.24) is 4.90 Å². The maximum Gasteiger partial charge on any atom is 0.338 e. The molecule has 6 nitrogen and oxygen atoms in total. The summed E-state index contributed by atoms with van der Waals surface area (Å²) < 4.78 is 22.4. The van der Waals surface area contributed by atoms with E-state index in [0.717, 1.165) is 18.5 Å². The van der Waals surface area contributed by atoms with Gasteiger partial charge in [0.25, 0.3) is 0 Å². The molecule has 1 fully saturated rings. The Kier molecular flexibility index (Phi) is 2.96. The number of nitrogens with zero attached hydrogens (tertiary/aromatic N) is 1. The number of hydrogen-bond donors (Lipinski definition) is 0. The lowest BCUT2D eigenvalue weighted by atomic mass is 9.73. The van der Waals surface area contributed by atoms with Gasteiger partial charge in [0.15, 0.2) is 11.5 Å². The van der Waals surface area contributed by atoms with Crippen molar-refractivity contribution in [1.29, 1.82) is 0 Å². The molecule has 0 amide bonds. The van der Waals surface area contributed by atoms with Crippen LogP contribution in [0.5, 0.6) is 11.5 Å². The number of likely N-dealkylation sites (tertiary alicyclic amines) is 1. The predicted octanol–water partition coefficient (Wildman–Crippen LogP) is 1.70. The smallest absolute Gasteiger partial charge is 0.338 e. The first kappa shape index (κ1) is 14.3. The third-order valence-electron chi connectivity index (χ3n) is 5.64. The van der Waals surface area contributed by atoms with E-state index in [1.807, 2.05) is 6.07 Å². The van der Waals surface area contributed by atoms with Crippen molar-refractivity contribution in [3.05, 3.63) is 34.9 Å². The normalized spacial score (nSPS) is 33.4. The molecule has 1 aliphatic carbocycles. The van der Waals surface area contributed by atoms with Gasteiger partial charge in [-0.1, -0.05) is 11.6 Å². The number of ether oxygens (including phenoxy) is 4. The number of rotatable bonds is 1. The van der Waals surface area contributed by atoms with Crippen LogP contribution in [0.1, 0.15) is 28.3 Å². The molecular weight excluding hydrogens is 310 g/mol. The summed E-state index contributed by atoms with van der Waals surface area (Å²) in [5.41, 5.74) is 2.93. The van der Waals surface area contributed by atoms with Crippen molar-refractivity contribution in [3.63, 3.8) is 0 Å². The number of esters is 1. The molecule has 0 saturated carbocycles. The van der Waals surface area contributed by atoms with Gasteiger partial charge in [-0.2, -0.15) is 0 Å². The van der Waals surface area contributed by atoms with Crippen LogP contribution in [0.2, 0.25) is 0 Å². The van der Waals surface area contributed by atoms with Crippen molar-refractivity contribution in [2.24, 2.45) is 0 Å². The average Bonchev–Trinajstić information content (AvgIpc) is 3.19. The van der Waals surface area contributed by atoms with Crippen molar-refractivity contribution >= 4 is 5.97 Å². The quantitative estimate of drug-likeness (QED) is 0.577. The predicted molar refractivity (Wildman–Crippen MR) is 84.4 cm³/mol. The maximum atomic E-state index is 12.6. The largest absolute Gasteiger partial charge is 0.455 e. The Hall–Kier alpha value is -2.05. The first-order chi connectivity index (χ1) is 11.7. The number of likely N-dealkylation sites (N-methyl/N-ethyl adjacent to an activating group) is 1. The molecule has 1 aromatic carbocycles. The van der Waals surface area contributed by atoms with Gasteiger partial charge in [-0.25, -0.2) is 4.79 Å². The summed E-state index contributed by atoms with van der Waals surface area (Å²) in [7, 11) is 3.79. The molecule has 0 N–H and O–H groups in total. The van der Waals surface area contributed by atoms with Crippen LogP contribution in [-0.2, 0) is 9.47 Å². The number of methoxy groups -OCH3 is 1. The van der Waals surface area contributed by atoms with Gasteiger partial charge in [0.05, 0.1) is 5.56 Å². The Labute approximate surface area is 139 Å². The topological polar surface area (TPSA) is 57.2 Å². The van der Waals surface area contributed by atoms with Gasteiger partial charge in [0, 0.05) is 25.6 Å². The molecule has 3 heterocycles. The van der Waals surface area contributed by atoms with Crippen molar-refractivity contribution in [2.45, 2.75) is 30.6 Å². The monoisotopic (exact) mass is 329 g/mol. The average molecular weight is 329 g/mol. The molecule has 5 rings (SSSR count). The maximum absolute atomic E-state index is 12.6. The molecule has 3 aliphatic heterocycles. The first-order valence-electron chi connectivity index (χ1n) is 8.25. The van der Waals surface area contributed by atoms with Crippen molar-refractivity contribution < 1.29 is 23.7 Å². The van der Waals surface area contributed by atoms with E-state index in [4.69, 9.17) is 18.9 Å². The number of benzene rings is 1. The Morgan fingerprint density at radius 1 is 1.25 bits per heavy atom. The van der Waals surface area contributed by atoms with Crippen LogP contribution in [-0.4, -0.2) is 56.6 Å². The number of fused-ring (bicyclic) bond motifs is 6. The summed E-state index contributed by atoms with van der Waals surface area (Å²) in [6.45, 7) is 1.19. The Bertz CT molecular complexity index is 758. The van der Waals surface area contributed by atoms with Crippen LogP contribution in [0.25, 0.3) is 0 Å². The molecule has 0 spiro atoms. The van der Waals surface area contributed by atoms with Crippen LogP contribution in [0.15, 0.2) is 23.8 Å². The highest BCUT2D eigenvalue weighted by atomic mass is 16.7. The third kappa shape index (κ3) is 1.81. The van der Waals surface area contributed by atoms with Gasteiger partial charge in [-0.05, 0) is 31.2 Å². The molecule has 0 radical (unpaired) electrons. The van der Waals surface area contributed by atoms with Crippen molar-refractivity contribution in [3.8, 4) is 11.5 Å². The molecule has 126 valence electrons. The fourth-order valence-electron chi connectivity index (χ4n) is 4.54. The zero-order valence-electron chi connectivity index (χ0n) is 13.7. The summed E-state index contributed by atoms with van der Waals surface area (Å²) in [5, 5.41) is 0. The lowest BCUT2D eigenvalue weighted by Crippen LogP contribution is -2.51. The standard InChI is InChI=1S/C18H19NO5/c1-19-4-3-9-5-14(21-2)17-15(16(9)19)10-6-12-13(23-8-22-12)7-11(10)18(20)24-17/h5-7,14-17H,3-4,8H2,1-2H3/t14-,15-,16+,17+/m1/s1. The van der Waals surface area contributed by atoms with Crippen molar-refractivity contribution in [2.75, 3.05) is 27.5 Å². The lowest BCUT2D eigenvalue weighted by molar-refractivity contribution is -0.0468. The van der Waals surface area contributed by atoms with E-state index in [9.17, 15) is 4.79 Å². The fourth-order valence-corrected chi connectivity index (χ4v) is 4.54. The second kappa shape index (κ2) is 4.97. The summed E-state index contributed by atoms with van der Waals surface area (Å²) in [6.07, 6.45) is 2.64. The molecule has 4 atom stereocenters. The summed E-state index contributed by atoms with van der Waals surface area (Å²) in [4.78, 5) is 14.9. The summed E-state index contributed by atoms with van der Waals surface area (Å²) >= 11 is 0. The van der Waals surface area contributed by atoms with Gasteiger partial charge < -0.3 is 18.9 Å². The molecule has 1 saturated heterocycles. The van der Waals surface area contributed by atoms with E-state index in [2.05, 4.69) is 18.0 Å². The zero-order chi connectivity index (χ0) is 16.4. The van der Waals surface area contributed by atoms with Crippen LogP contribution >= 0.6 is 0 Å². The zero-order valence-corrected chi connectivity index (χ0v) is 13.7. The lowest BCUT2D eigenvalue weighted by Gasteiger charge is -2.44. The second-order valence-electron chi connectivity index (χ2n) is 6.81. The van der Waals surface area contributed by atoms with Gasteiger partial charge in [0.1, 0.15) is 12.2 Å². The summed E-state index contributed by atoms with van der Waals surface area (Å²) in [6, 6.07) is 3.94. The number of hydrogen-bond acceptors (Lipinski definition) is 6. The molecule has 6 heteroatoms. The van der Waals surface area contributed by atoms with Gasteiger partial charge in [-0.15, -0.1) is 0 Å². The molecule has 1 aromatic rings. The molecule has 0 aromatic heterocycles. The molecule has 0 unspecified atom stereocenters. The molecular formula is C18H19NO5. The highest BCUT2D eigenvalue weighted by Gasteiger charge is 2.51. The first-order valence-corrected chi connectivity index (χ1v) is 8.25.